The highest BCUT2D eigenvalue weighted by Crippen LogP contribution is 2.33. The minimum absolute atomic E-state index is 0.109. The van der Waals surface area contributed by atoms with Crippen molar-refractivity contribution < 1.29 is 4.79 Å². The number of H-pyrrole nitrogens is 1. The van der Waals surface area contributed by atoms with Crippen LogP contribution in [-0.4, -0.2) is 46.3 Å². The van der Waals surface area contributed by atoms with Gasteiger partial charge in [-0.05, 0) is 43.7 Å². The van der Waals surface area contributed by atoms with Crippen molar-refractivity contribution in [2.75, 3.05) is 25.0 Å². The molecule has 0 radical (unpaired) electrons. The Labute approximate surface area is 169 Å². The second-order valence-electron chi connectivity index (χ2n) is 8.46. The van der Waals surface area contributed by atoms with Crippen molar-refractivity contribution >= 4 is 33.3 Å². The zero-order valence-electron chi connectivity index (χ0n) is 16.5. The van der Waals surface area contributed by atoms with Crippen LogP contribution < -0.4 is 10.9 Å². The summed E-state index contributed by atoms with van der Waals surface area (Å²) in [5.41, 5.74) is 1.51. The fourth-order valence-electron chi connectivity index (χ4n) is 4.44. The van der Waals surface area contributed by atoms with E-state index in [1.165, 1.54) is 12.8 Å². The van der Waals surface area contributed by atoms with Gasteiger partial charge in [-0.3, -0.25) is 14.5 Å². The van der Waals surface area contributed by atoms with E-state index in [1.807, 2.05) is 30.3 Å². The summed E-state index contributed by atoms with van der Waals surface area (Å²) in [6, 6.07) is 10.00. The molecule has 2 N–H and O–H groups in total. The predicted octanol–water partition coefficient (Wildman–Crippen LogP) is 3.32. The molecule has 5 rings (SSSR count). The van der Waals surface area contributed by atoms with E-state index in [0.29, 0.717) is 35.3 Å². The Bertz CT molecular complexity index is 1110. The van der Waals surface area contributed by atoms with E-state index in [1.54, 1.807) is 6.20 Å². The number of fused-ring (bicyclic) bond motifs is 3. The number of piperidine rings is 1. The number of nitrogens with one attached hydrogen (secondary N) is 2. The summed E-state index contributed by atoms with van der Waals surface area (Å²) < 4.78 is 0. The number of rotatable bonds is 6. The highest BCUT2D eigenvalue weighted by Gasteiger charge is 2.26. The van der Waals surface area contributed by atoms with Crippen molar-refractivity contribution in [1.82, 2.24) is 14.9 Å². The summed E-state index contributed by atoms with van der Waals surface area (Å²) in [7, 11) is 0. The molecule has 0 unspecified atom stereocenters. The van der Waals surface area contributed by atoms with Crippen LogP contribution in [0, 0.1) is 5.92 Å². The van der Waals surface area contributed by atoms with Crippen LogP contribution in [0.4, 0.5) is 5.69 Å². The van der Waals surface area contributed by atoms with E-state index in [0.717, 1.165) is 48.8 Å². The number of nitrogens with zero attached hydrogens (tertiary/aromatic N) is 2. The molecule has 29 heavy (non-hydrogen) atoms. The SMILES string of the molecule is O=C(CC1CC1)CN1CCC(Nc2ccnc3[nH]c(=O)c4ccccc4c23)CC1. The van der Waals surface area contributed by atoms with Gasteiger partial charge in [0.1, 0.15) is 11.4 Å². The lowest BCUT2D eigenvalue weighted by Crippen LogP contribution is -2.41. The Kier molecular flexibility index (Phi) is 4.79. The van der Waals surface area contributed by atoms with Gasteiger partial charge in [-0.25, -0.2) is 4.98 Å². The maximum Gasteiger partial charge on any atom is 0.257 e. The van der Waals surface area contributed by atoms with Crippen molar-refractivity contribution in [1.29, 1.82) is 0 Å². The monoisotopic (exact) mass is 390 g/mol. The first kappa shape index (κ1) is 18.3. The smallest absolute Gasteiger partial charge is 0.257 e. The summed E-state index contributed by atoms with van der Waals surface area (Å²) in [4.78, 5) is 34.1. The number of aromatic nitrogens is 2. The molecular formula is C23H26N4O2. The van der Waals surface area contributed by atoms with Gasteiger partial charge in [0.2, 0.25) is 0 Å². The molecule has 3 heterocycles. The maximum atomic E-state index is 12.3. The van der Waals surface area contributed by atoms with Crippen LogP contribution in [0.25, 0.3) is 21.8 Å². The number of anilines is 1. The first-order valence-corrected chi connectivity index (χ1v) is 10.6. The van der Waals surface area contributed by atoms with Crippen LogP contribution in [-0.2, 0) is 4.79 Å². The maximum absolute atomic E-state index is 12.3. The number of carbonyl (C=O) groups excluding carboxylic acids is 1. The van der Waals surface area contributed by atoms with Crippen molar-refractivity contribution in [3.8, 4) is 0 Å². The van der Waals surface area contributed by atoms with Crippen LogP contribution in [0.15, 0.2) is 41.3 Å². The van der Waals surface area contributed by atoms with Gasteiger partial charge in [0.25, 0.3) is 5.56 Å². The Hall–Kier alpha value is -2.73. The second kappa shape index (κ2) is 7.59. The first-order valence-electron chi connectivity index (χ1n) is 10.6. The van der Waals surface area contributed by atoms with Gasteiger partial charge in [0, 0.05) is 53.6 Å². The molecule has 0 bridgehead atoms. The molecule has 2 fully saturated rings. The van der Waals surface area contributed by atoms with E-state index in [2.05, 4.69) is 20.2 Å². The van der Waals surface area contributed by atoms with Crippen LogP contribution in [0.2, 0.25) is 0 Å². The molecular weight excluding hydrogens is 364 g/mol. The summed E-state index contributed by atoms with van der Waals surface area (Å²) in [5.74, 6) is 1.07. The molecule has 1 aliphatic heterocycles. The molecule has 1 saturated carbocycles. The average Bonchev–Trinajstić information content (AvgIpc) is 3.53. The Morgan fingerprint density at radius 2 is 1.86 bits per heavy atom. The number of ketones is 1. The van der Waals surface area contributed by atoms with E-state index in [9.17, 15) is 9.59 Å². The van der Waals surface area contributed by atoms with Crippen molar-refractivity contribution in [2.45, 2.75) is 38.1 Å². The minimum atomic E-state index is -0.109. The molecule has 0 spiro atoms. The molecule has 0 atom stereocenters. The van der Waals surface area contributed by atoms with Crippen molar-refractivity contribution in [2.24, 2.45) is 5.92 Å². The quantitative estimate of drug-likeness (QED) is 0.632. The number of pyridine rings is 2. The molecule has 1 saturated heterocycles. The van der Waals surface area contributed by atoms with E-state index < -0.39 is 0 Å². The zero-order valence-corrected chi connectivity index (χ0v) is 16.5. The van der Waals surface area contributed by atoms with E-state index >= 15 is 0 Å². The topological polar surface area (TPSA) is 78.1 Å². The largest absolute Gasteiger partial charge is 0.382 e. The third kappa shape index (κ3) is 3.90. The summed E-state index contributed by atoms with van der Waals surface area (Å²) in [6.45, 7) is 2.48. The number of Topliss-reactive ketones (excluding diaryl/α,β-unsaturated/α-hetero) is 1. The Morgan fingerprint density at radius 3 is 2.62 bits per heavy atom. The Balaban J connectivity index is 1.32. The standard InChI is InChI=1S/C23H26N4O2/c28-17(13-15-5-6-15)14-27-11-8-16(9-12-27)25-20-7-10-24-22-21(20)18-3-1-2-4-19(18)23(29)26-22/h1-4,7,10,15-16H,5-6,8-9,11-14H2,(H2,24,25,26,29). The first-order chi connectivity index (χ1) is 14.2. The van der Waals surface area contributed by atoms with Gasteiger partial charge in [0.05, 0.1) is 6.54 Å². The average molecular weight is 390 g/mol. The minimum Gasteiger partial charge on any atom is -0.382 e. The summed E-state index contributed by atoms with van der Waals surface area (Å²) >= 11 is 0. The molecule has 6 nitrogen and oxygen atoms in total. The molecule has 1 aliphatic carbocycles. The summed E-state index contributed by atoms with van der Waals surface area (Å²) in [6.07, 6.45) is 6.98. The number of aromatic amines is 1. The summed E-state index contributed by atoms with van der Waals surface area (Å²) in [5, 5.41) is 6.24. The number of carbonyl (C=O) groups is 1. The Morgan fingerprint density at radius 1 is 1.10 bits per heavy atom. The normalized spacial score (nSPS) is 18.3. The molecule has 2 aromatic heterocycles. The number of likely N-dealkylation sites (tertiary alicyclic amines) is 1. The fourth-order valence-corrected chi connectivity index (χ4v) is 4.44. The van der Waals surface area contributed by atoms with E-state index in [-0.39, 0.29) is 5.56 Å². The van der Waals surface area contributed by atoms with Crippen LogP contribution in [0.1, 0.15) is 32.1 Å². The predicted molar refractivity (Wildman–Crippen MR) is 115 cm³/mol. The third-order valence-corrected chi connectivity index (χ3v) is 6.18. The lowest BCUT2D eigenvalue weighted by Gasteiger charge is -2.32. The van der Waals surface area contributed by atoms with E-state index in [4.69, 9.17) is 0 Å². The molecule has 1 aromatic carbocycles. The van der Waals surface area contributed by atoms with Crippen LogP contribution >= 0.6 is 0 Å². The highest BCUT2D eigenvalue weighted by atomic mass is 16.1. The lowest BCUT2D eigenvalue weighted by atomic mass is 10.0. The molecule has 150 valence electrons. The zero-order chi connectivity index (χ0) is 19.8. The van der Waals surface area contributed by atoms with Gasteiger partial charge in [-0.2, -0.15) is 0 Å². The van der Waals surface area contributed by atoms with Crippen molar-refractivity contribution in [3.63, 3.8) is 0 Å². The molecule has 3 aromatic rings. The lowest BCUT2D eigenvalue weighted by molar-refractivity contribution is -0.120. The van der Waals surface area contributed by atoms with Crippen LogP contribution in [0.3, 0.4) is 0 Å². The fraction of sp³-hybridized carbons (Fsp3) is 0.435. The van der Waals surface area contributed by atoms with Crippen molar-refractivity contribution in [3.05, 3.63) is 46.9 Å². The van der Waals surface area contributed by atoms with Gasteiger partial charge in [-0.1, -0.05) is 18.2 Å². The van der Waals surface area contributed by atoms with Gasteiger partial charge in [0.15, 0.2) is 0 Å². The van der Waals surface area contributed by atoms with Gasteiger partial charge >= 0.3 is 0 Å². The molecule has 2 aliphatic rings. The molecule has 0 amide bonds. The van der Waals surface area contributed by atoms with Crippen LogP contribution in [0.5, 0.6) is 0 Å². The highest BCUT2D eigenvalue weighted by molar-refractivity contribution is 6.10. The number of hydrogen-bond acceptors (Lipinski definition) is 5. The number of benzene rings is 1. The number of hydrogen-bond donors (Lipinski definition) is 2. The molecule has 6 heteroatoms. The van der Waals surface area contributed by atoms with Gasteiger partial charge < -0.3 is 10.3 Å². The van der Waals surface area contributed by atoms with Gasteiger partial charge in [-0.15, -0.1) is 0 Å². The second-order valence-corrected chi connectivity index (χ2v) is 8.46. The third-order valence-electron chi connectivity index (χ3n) is 6.18.